The van der Waals surface area contributed by atoms with Gasteiger partial charge in [-0.1, -0.05) is 44.9 Å². The first-order valence-corrected chi connectivity index (χ1v) is 11.0. The smallest absolute Gasteiger partial charge is 0.338 e. The highest BCUT2D eigenvalue weighted by molar-refractivity contribution is 5.93. The van der Waals surface area contributed by atoms with Gasteiger partial charge >= 0.3 is 17.9 Å². The fraction of sp³-hybridized carbons (Fsp3) is 0.207. The van der Waals surface area contributed by atoms with Crippen LogP contribution >= 0.6 is 0 Å². The van der Waals surface area contributed by atoms with Crippen LogP contribution < -0.4 is 14.2 Å². The van der Waals surface area contributed by atoms with E-state index in [1.165, 1.54) is 13.8 Å². The van der Waals surface area contributed by atoms with Crippen molar-refractivity contribution in [2.45, 2.75) is 41.0 Å². The monoisotopic (exact) mass is 474 g/mol. The van der Waals surface area contributed by atoms with Crippen molar-refractivity contribution in [3.05, 3.63) is 90.0 Å². The van der Waals surface area contributed by atoms with Crippen LogP contribution in [0.5, 0.6) is 17.2 Å². The number of carbonyl (C=O) groups excluding carboxylic acids is 3. The molecule has 2 rings (SSSR count). The fourth-order valence-corrected chi connectivity index (χ4v) is 3.06. The highest BCUT2D eigenvalue weighted by Crippen LogP contribution is 2.36. The Kier molecular flexibility index (Phi) is 9.11. The Balaban J connectivity index is 2.48. The molecular formula is C29H30O6. The predicted molar refractivity (Wildman–Crippen MR) is 137 cm³/mol. The zero-order chi connectivity index (χ0) is 26.3. The zero-order valence-corrected chi connectivity index (χ0v) is 20.8. The van der Waals surface area contributed by atoms with Gasteiger partial charge in [-0.25, -0.2) is 14.4 Å². The Labute approximate surface area is 206 Å². The molecule has 0 fully saturated rings. The molecule has 0 aliphatic heterocycles. The van der Waals surface area contributed by atoms with E-state index in [2.05, 4.69) is 19.7 Å². The lowest BCUT2D eigenvalue weighted by molar-refractivity contribution is -0.132. The van der Waals surface area contributed by atoms with Gasteiger partial charge in [0.2, 0.25) is 0 Å². The second kappa shape index (κ2) is 11.8. The molecule has 0 saturated carbocycles. The molecule has 0 saturated heterocycles. The van der Waals surface area contributed by atoms with E-state index < -0.39 is 17.9 Å². The summed E-state index contributed by atoms with van der Waals surface area (Å²) in [5, 5.41) is 0. The number of benzene rings is 2. The third-order valence-electron chi connectivity index (χ3n) is 5.05. The average Bonchev–Trinajstić information content (AvgIpc) is 2.81. The summed E-state index contributed by atoms with van der Waals surface area (Å²) in [4.78, 5) is 36.0. The number of hydrogen-bond acceptors (Lipinski definition) is 6. The standard InChI is InChI=1S/C29H30O6/c1-9-24(21-10-13-23(14-11-21)33-27(30)17(2)3)20(8)22-12-15-25(34-28(31)18(4)5)26(16-22)35-29(32)19(6)7/h10-16H,2,4,6,9H2,1,3,5,7-8H3. The minimum atomic E-state index is -0.632. The summed E-state index contributed by atoms with van der Waals surface area (Å²) in [6, 6.07) is 12.2. The molecule has 35 heavy (non-hydrogen) atoms. The number of rotatable bonds is 9. The van der Waals surface area contributed by atoms with Crippen molar-refractivity contribution in [2.75, 3.05) is 0 Å². The molecule has 0 radical (unpaired) electrons. The highest BCUT2D eigenvalue weighted by Gasteiger charge is 2.17. The van der Waals surface area contributed by atoms with Crippen molar-refractivity contribution < 1.29 is 28.6 Å². The maximum absolute atomic E-state index is 12.2. The molecule has 2 aromatic rings. The summed E-state index contributed by atoms with van der Waals surface area (Å²) in [6.07, 6.45) is 0.712. The molecule has 0 spiro atoms. The quantitative estimate of drug-likeness (QED) is 0.179. The Hall–Kier alpha value is -4.19. The van der Waals surface area contributed by atoms with Crippen LogP contribution in [0, 0.1) is 0 Å². The van der Waals surface area contributed by atoms with Gasteiger partial charge in [0.25, 0.3) is 0 Å². The molecular weight excluding hydrogens is 444 g/mol. The fourth-order valence-electron chi connectivity index (χ4n) is 3.06. The first-order chi connectivity index (χ1) is 16.4. The Morgan fingerprint density at radius 3 is 1.60 bits per heavy atom. The van der Waals surface area contributed by atoms with E-state index in [1.807, 2.05) is 26.0 Å². The van der Waals surface area contributed by atoms with Gasteiger partial charge in [0.1, 0.15) is 5.75 Å². The van der Waals surface area contributed by atoms with E-state index in [1.54, 1.807) is 37.3 Å². The Morgan fingerprint density at radius 1 is 0.657 bits per heavy atom. The number of hydrogen-bond donors (Lipinski definition) is 0. The van der Waals surface area contributed by atoms with Gasteiger partial charge in [-0.05, 0) is 80.7 Å². The third kappa shape index (κ3) is 7.14. The summed E-state index contributed by atoms with van der Waals surface area (Å²) < 4.78 is 16.1. The zero-order valence-electron chi connectivity index (χ0n) is 20.8. The lowest BCUT2D eigenvalue weighted by Gasteiger charge is -2.15. The van der Waals surface area contributed by atoms with Crippen molar-refractivity contribution in [1.29, 1.82) is 0 Å². The lowest BCUT2D eigenvalue weighted by Crippen LogP contribution is -2.13. The molecule has 0 aliphatic carbocycles. The van der Waals surface area contributed by atoms with Gasteiger partial charge in [0.05, 0.1) is 0 Å². The van der Waals surface area contributed by atoms with E-state index in [9.17, 15) is 14.4 Å². The summed E-state index contributed by atoms with van der Waals surface area (Å²) in [5.74, 6) is -1.11. The normalized spacial score (nSPS) is 11.1. The van der Waals surface area contributed by atoms with E-state index in [0.29, 0.717) is 17.7 Å². The van der Waals surface area contributed by atoms with Gasteiger partial charge in [-0.3, -0.25) is 0 Å². The first-order valence-electron chi connectivity index (χ1n) is 11.0. The molecule has 0 aromatic heterocycles. The highest BCUT2D eigenvalue weighted by atomic mass is 16.6. The minimum absolute atomic E-state index is 0.0990. The first kappa shape index (κ1) is 27.1. The van der Waals surface area contributed by atoms with Gasteiger partial charge in [-0.2, -0.15) is 0 Å². The molecule has 0 heterocycles. The second-order valence-corrected chi connectivity index (χ2v) is 8.15. The van der Waals surface area contributed by atoms with Crippen LogP contribution in [0.2, 0.25) is 0 Å². The van der Waals surface area contributed by atoms with E-state index in [0.717, 1.165) is 22.3 Å². The van der Waals surface area contributed by atoms with Crippen molar-refractivity contribution in [2.24, 2.45) is 0 Å². The van der Waals surface area contributed by atoms with Crippen molar-refractivity contribution in [3.8, 4) is 17.2 Å². The molecule has 0 N–H and O–H groups in total. The summed E-state index contributed by atoms with van der Waals surface area (Å²) >= 11 is 0. The Morgan fingerprint density at radius 2 is 1.11 bits per heavy atom. The number of carbonyl (C=O) groups is 3. The topological polar surface area (TPSA) is 78.9 Å². The molecule has 6 nitrogen and oxygen atoms in total. The van der Waals surface area contributed by atoms with E-state index in [4.69, 9.17) is 14.2 Å². The molecule has 0 atom stereocenters. The van der Waals surface area contributed by atoms with E-state index >= 15 is 0 Å². The number of allylic oxidation sites excluding steroid dienone is 2. The largest absolute Gasteiger partial charge is 0.423 e. The van der Waals surface area contributed by atoms with E-state index in [-0.39, 0.29) is 22.6 Å². The lowest BCUT2D eigenvalue weighted by atomic mass is 9.93. The van der Waals surface area contributed by atoms with Crippen LogP contribution in [0.3, 0.4) is 0 Å². The molecule has 0 aliphatic rings. The summed E-state index contributed by atoms with van der Waals surface area (Å²) in [7, 11) is 0. The maximum Gasteiger partial charge on any atom is 0.338 e. The third-order valence-corrected chi connectivity index (χ3v) is 5.05. The van der Waals surface area contributed by atoms with Crippen LogP contribution in [0.1, 0.15) is 52.2 Å². The molecule has 182 valence electrons. The summed E-state index contributed by atoms with van der Waals surface area (Å²) in [5.41, 5.74) is 4.43. The number of esters is 3. The van der Waals surface area contributed by atoms with Gasteiger partial charge < -0.3 is 14.2 Å². The predicted octanol–water partition coefficient (Wildman–Crippen LogP) is 6.47. The maximum atomic E-state index is 12.2. The van der Waals surface area contributed by atoms with Crippen molar-refractivity contribution in [1.82, 2.24) is 0 Å². The van der Waals surface area contributed by atoms with Gasteiger partial charge in [0, 0.05) is 16.7 Å². The molecule has 2 aromatic carbocycles. The molecule has 6 heteroatoms. The van der Waals surface area contributed by atoms with Crippen LogP contribution in [0.4, 0.5) is 0 Å². The van der Waals surface area contributed by atoms with Gasteiger partial charge in [-0.15, -0.1) is 0 Å². The SMILES string of the molecule is C=C(C)C(=O)Oc1ccc(C(CC)=C(C)c2ccc(OC(=O)C(=C)C)c(OC(=O)C(=C)C)c2)cc1. The average molecular weight is 475 g/mol. The second-order valence-electron chi connectivity index (χ2n) is 8.15. The van der Waals surface area contributed by atoms with Crippen LogP contribution in [0.15, 0.2) is 78.9 Å². The van der Waals surface area contributed by atoms with Gasteiger partial charge in [0.15, 0.2) is 11.5 Å². The Bertz CT molecular complexity index is 1230. The van der Waals surface area contributed by atoms with Crippen LogP contribution in [-0.4, -0.2) is 17.9 Å². The molecule has 0 amide bonds. The van der Waals surface area contributed by atoms with Crippen LogP contribution in [-0.2, 0) is 14.4 Å². The van der Waals surface area contributed by atoms with Crippen molar-refractivity contribution in [3.63, 3.8) is 0 Å². The molecule has 0 bridgehead atoms. The summed E-state index contributed by atoms with van der Waals surface area (Å²) in [6.45, 7) is 19.4. The minimum Gasteiger partial charge on any atom is -0.423 e. The number of ether oxygens (including phenoxy) is 3. The molecule has 0 unspecified atom stereocenters. The van der Waals surface area contributed by atoms with Crippen molar-refractivity contribution >= 4 is 29.1 Å². The van der Waals surface area contributed by atoms with Crippen LogP contribution in [0.25, 0.3) is 11.1 Å².